The number of halogens is 3. The highest BCUT2D eigenvalue weighted by molar-refractivity contribution is 6.67. The Labute approximate surface area is 595 Å². The van der Waals surface area contributed by atoms with E-state index in [9.17, 15) is 53.1 Å². The maximum atomic E-state index is 13.2. The van der Waals surface area contributed by atoms with Crippen LogP contribution in [-0.4, -0.2) is 146 Å². The fraction of sp³-hybridized carbons (Fsp3) is 0.528. The predicted octanol–water partition coefficient (Wildman–Crippen LogP) is 10.9. The van der Waals surface area contributed by atoms with Gasteiger partial charge in [0.2, 0.25) is 3.79 Å². The number of carboxylic acids is 1. The molecular weight excluding hydrogens is 1340 g/mol. The van der Waals surface area contributed by atoms with E-state index in [4.69, 9.17) is 58.5 Å². The molecule has 4 aromatic carbocycles. The van der Waals surface area contributed by atoms with Gasteiger partial charge < -0.3 is 50.1 Å². The molecule has 24 nitrogen and oxygen atoms in total. The first-order chi connectivity index (χ1) is 46.3. The molecular formula is C72H97Cl3N8O16. The number of hydrazine groups is 2. The van der Waals surface area contributed by atoms with E-state index in [0.29, 0.717) is 51.6 Å². The van der Waals surface area contributed by atoms with E-state index in [-0.39, 0.29) is 36.8 Å². The number of alkyl carbamates (subject to hydrolysis) is 2. The molecule has 542 valence electrons. The number of carboxylic acid groups (broad SMARTS) is 1. The van der Waals surface area contributed by atoms with Crippen LogP contribution in [0.4, 0.5) is 9.59 Å². The number of amides is 6. The van der Waals surface area contributed by atoms with Crippen molar-refractivity contribution < 1.29 is 76.7 Å². The number of rotatable bonds is 25. The summed E-state index contributed by atoms with van der Waals surface area (Å²) in [6.45, 7) is 24.8. The van der Waals surface area contributed by atoms with Gasteiger partial charge in [0.05, 0.1) is 12.1 Å². The minimum absolute atomic E-state index is 0.0428. The van der Waals surface area contributed by atoms with Crippen molar-refractivity contribution in [1.29, 1.82) is 0 Å². The molecule has 2 aliphatic heterocycles. The van der Waals surface area contributed by atoms with E-state index in [1.807, 2.05) is 152 Å². The maximum absolute atomic E-state index is 13.2. The summed E-state index contributed by atoms with van der Waals surface area (Å²) in [6.07, 6.45) is -0.455. The zero-order chi connectivity index (χ0) is 73.7. The van der Waals surface area contributed by atoms with Crippen molar-refractivity contribution >= 4 is 94.5 Å². The number of esters is 3. The van der Waals surface area contributed by atoms with Gasteiger partial charge in [-0.1, -0.05) is 147 Å². The summed E-state index contributed by atoms with van der Waals surface area (Å²) in [5.74, 6) is -5.68. The monoisotopic (exact) mass is 1430 g/mol. The van der Waals surface area contributed by atoms with Gasteiger partial charge in [-0.05, 0) is 176 Å². The number of aliphatic carboxylic acids is 1. The highest BCUT2D eigenvalue weighted by atomic mass is 35.6. The van der Waals surface area contributed by atoms with E-state index in [0.717, 1.165) is 44.5 Å². The van der Waals surface area contributed by atoms with Crippen molar-refractivity contribution in [1.82, 2.24) is 42.1 Å². The number of carbonyl (C=O) groups is 10. The standard InChI is InChI=1S/C37H49Cl3N4O8.C35H48N4O8/c1-22(2)31(32(46)41-24(4)33(47)44-19-9-12-29(43-44)34(48)50-21-37(38,39)40)51-30(45)18-15-25-13-16-26(17-14-25)28-11-8-10-27(20-28)23(3)42-35(49)52-36(5,6)7;1-21(2)30(31(41)36-23(4)32(42)39-19-9-12-28(38-39)33(43)44)46-29(40)18-15-24-13-16-25(17-14-24)27-11-8-10-26(20-27)22(3)37-34(45)47-35(5,6)7/h8,10-11,13-14,16-17,20,22-24,29,31,43H,9,12,15,18-19,21H2,1-7H3,(H,41,46)(H,42,49);8,10-11,13-14,16-17,20-23,28,30,38H,9,12,15,18-19H2,1-7H3,(H,36,41)(H,37,45)(H,43,44)/t23-,24+,29+,31+;22-,23+,28+,30+/m11/s1. The molecule has 0 saturated carbocycles. The zero-order valence-corrected chi connectivity index (χ0v) is 61.2. The van der Waals surface area contributed by atoms with Gasteiger partial charge in [0, 0.05) is 25.9 Å². The Kier molecular flexibility index (Phi) is 30.9. The van der Waals surface area contributed by atoms with Gasteiger partial charge in [-0.25, -0.2) is 20.4 Å². The number of nitrogens with zero attached hydrogens (tertiary/aromatic N) is 2. The number of ether oxygens (including phenoxy) is 5. The number of hydrogen-bond donors (Lipinski definition) is 7. The lowest BCUT2D eigenvalue weighted by atomic mass is 9.98. The maximum Gasteiger partial charge on any atom is 0.408 e. The Morgan fingerprint density at radius 2 is 0.899 bits per heavy atom. The molecule has 0 bridgehead atoms. The van der Waals surface area contributed by atoms with E-state index in [1.165, 1.54) is 23.9 Å². The summed E-state index contributed by atoms with van der Waals surface area (Å²) in [6, 6.07) is 27.1. The van der Waals surface area contributed by atoms with E-state index in [1.54, 1.807) is 27.7 Å². The second-order valence-corrected chi connectivity index (χ2v) is 29.9. The highest BCUT2D eigenvalue weighted by Gasteiger charge is 2.37. The second kappa shape index (κ2) is 37.4. The molecule has 2 fully saturated rings. The first-order valence-corrected chi connectivity index (χ1v) is 34.4. The fourth-order valence-electron chi connectivity index (χ4n) is 10.4. The third-order valence-electron chi connectivity index (χ3n) is 15.6. The smallest absolute Gasteiger partial charge is 0.408 e. The minimum Gasteiger partial charge on any atom is -0.480 e. The normalized spacial score (nSPS) is 16.8. The summed E-state index contributed by atoms with van der Waals surface area (Å²) >= 11 is 17.0. The lowest BCUT2D eigenvalue weighted by Gasteiger charge is -2.34. The quantitative estimate of drug-likeness (QED) is 0.0184. The molecule has 0 unspecified atom stereocenters. The molecule has 2 aliphatic rings. The van der Waals surface area contributed by atoms with Crippen LogP contribution in [0.2, 0.25) is 0 Å². The fourth-order valence-corrected chi connectivity index (χ4v) is 10.6. The number of carbonyl (C=O) groups excluding carboxylic acids is 9. The van der Waals surface area contributed by atoms with Gasteiger partial charge in [-0.2, -0.15) is 0 Å². The van der Waals surface area contributed by atoms with Crippen LogP contribution in [0, 0.1) is 11.8 Å². The first kappa shape index (κ1) is 81.6. The van der Waals surface area contributed by atoms with Crippen LogP contribution in [-0.2, 0) is 74.9 Å². The molecule has 0 spiro atoms. The van der Waals surface area contributed by atoms with Crippen molar-refractivity contribution in [2.45, 2.75) is 212 Å². The van der Waals surface area contributed by atoms with E-state index >= 15 is 0 Å². The lowest BCUT2D eigenvalue weighted by Crippen LogP contribution is -2.60. The minimum atomic E-state index is -1.76. The number of nitrogens with one attached hydrogen (secondary N) is 6. The lowest BCUT2D eigenvalue weighted by molar-refractivity contribution is -0.160. The summed E-state index contributed by atoms with van der Waals surface area (Å²) in [7, 11) is 0. The first-order valence-electron chi connectivity index (χ1n) is 33.2. The summed E-state index contributed by atoms with van der Waals surface area (Å²) in [5.41, 5.74) is 11.9. The largest absolute Gasteiger partial charge is 0.480 e. The number of benzene rings is 4. The van der Waals surface area contributed by atoms with E-state index in [2.05, 4.69) is 32.1 Å². The SMILES string of the molecule is CC(C)[C@H](OC(=O)CCc1ccc(-c2cccc([C@@H](C)NC(=O)OC(C)(C)C)c2)cc1)C(=O)N[C@@H](C)C(=O)N1CCC[C@@H](C(=O)O)N1.CC(C)[C@H](OC(=O)CCc1ccc(-c2cccc([C@@H](C)NC(=O)OC(C)(C)C)c2)cc1)C(=O)N[C@@H](C)C(=O)N1CCC[C@@H](C(=O)OCC(Cl)(Cl)Cl)N1. The van der Waals surface area contributed by atoms with Gasteiger partial charge in [-0.3, -0.25) is 48.4 Å². The number of aryl methyl sites for hydroxylation is 2. The Bertz CT molecular complexity index is 3430. The molecule has 8 atom stereocenters. The predicted molar refractivity (Wildman–Crippen MR) is 375 cm³/mol. The van der Waals surface area contributed by atoms with Gasteiger partial charge in [0.1, 0.15) is 42.0 Å². The van der Waals surface area contributed by atoms with Crippen molar-refractivity contribution in [3.05, 3.63) is 119 Å². The van der Waals surface area contributed by atoms with Crippen LogP contribution < -0.4 is 32.1 Å². The molecule has 6 amide bonds. The van der Waals surface area contributed by atoms with Gasteiger partial charge in [0.15, 0.2) is 12.2 Å². The number of alkyl halides is 3. The molecule has 99 heavy (non-hydrogen) atoms. The van der Waals surface area contributed by atoms with Crippen LogP contribution in [0.3, 0.4) is 0 Å². The van der Waals surface area contributed by atoms with Crippen molar-refractivity contribution in [3.8, 4) is 22.3 Å². The average Bonchev–Trinajstić information content (AvgIpc) is 0.855. The molecule has 6 rings (SSSR count). The molecule has 0 radical (unpaired) electrons. The molecule has 2 heterocycles. The van der Waals surface area contributed by atoms with Crippen molar-refractivity contribution in [3.63, 3.8) is 0 Å². The molecule has 0 aromatic heterocycles. The van der Waals surface area contributed by atoms with Crippen LogP contribution >= 0.6 is 34.8 Å². The molecule has 0 aliphatic carbocycles. The zero-order valence-electron chi connectivity index (χ0n) is 58.9. The Balaban J connectivity index is 0.000000359. The second-order valence-electron chi connectivity index (χ2n) is 27.3. The summed E-state index contributed by atoms with van der Waals surface area (Å²) < 4.78 is 25.1. The van der Waals surface area contributed by atoms with Gasteiger partial charge >= 0.3 is 36.1 Å². The van der Waals surface area contributed by atoms with Gasteiger partial charge in [-0.15, -0.1) is 0 Å². The van der Waals surface area contributed by atoms with Crippen molar-refractivity contribution in [2.75, 3.05) is 19.7 Å². The average molecular weight is 1440 g/mol. The third-order valence-corrected chi connectivity index (χ3v) is 15.9. The van der Waals surface area contributed by atoms with Crippen LogP contribution in [0.25, 0.3) is 22.3 Å². The topological polar surface area (TPSA) is 316 Å². The number of hydrogen-bond acceptors (Lipinski definition) is 17. The molecule has 2 saturated heterocycles. The van der Waals surface area contributed by atoms with E-state index < -0.39 is 118 Å². The Morgan fingerprint density at radius 1 is 0.525 bits per heavy atom. The molecule has 7 N–H and O–H groups in total. The van der Waals surface area contributed by atoms with Crippen LogP contribution in [0.15, 0.2) is 97.1 Å². The molecule has 27 heteroatoms. The van der Waals surface area contributed by atoms with Crippen LogP contribution in [0.1, 0.15) is 170 Å². The molecule has 4 aromatic rings. The van der Waals surface area contributed by atoms with Crippen LogP contribution in [0.5, 0.6) is 0 Å². The highest BCUT2D eigenvalue weighted by Crippen LogP contribution is 2.29. The summed E-state index contributed by atoms with van der Waals surface area (Å²) in [4.78, 5) is 126. The third kappa shape index (κ3) is 27.9. The Hall–Kier alpha value is -8.03. The van der Waals surface area contributed by atoms with Crippen molar-refractivity contribution in [2.24, 2.45) is 11.8 Å². The summed E-state index contributed by atoms with van der Waals surface area (Å²) in [5, 5.41) is 22.7. The van der Waals surface area contributed by atoms with Gasteiger partial charge in [0.25, 0.3) is 23.6 Å². The Morgan fingerprint density at radius 3 is 1.25 bits per heavy atom.